The molecule has 0 aromatic carbocycles. The Kier molecular flexibility index (Phi) is 4.79. The van der Waals surface area contributed by atoms with Gasteiger partial charge in [-0.15, -0.1) is 0 Å². The average molecular weight is 326 g/mol. The normalized spacial score (nSPS) is 15.2. The average Bonchev–Trinajstić information content (AvgIpc) is 2.62. The molecule has 7 nitrogen and oxygen atoms in total. The van der Waals surface area contributed by atoms with Gasteiger partial charge in [0, 0.05) is 49.2 Å². The number of aliphatic carboxylic acids is 1. The van der Waals surface area contributed by atoms with Crippen LogP contribution in [0.5, 0.6) is 0 Å². The van der Waals surface area contributed by atoms with Gasteiger partial charge in [-0.25, -0.2) is 9.97 Å². The van der Waals surface area contributed by atoms with Gasteiger partial charge in [0.15, 0.2) is 6.29 Å². The zero-order valence-electron chi connectivity index (χ0n) is 13.1. The van der Waals surface area contributed by atoms with Crippen LogP contribution in [-0.4, -0.2) is 45.4 Å². The number of carbonyl (C=O) groups excluding carboxylic acids is 1. The van der Waals surface area contributed by atoms with Gasteiger partial charge in [-0.05, 0) is 30.9 Å². The molecule has 1 N–H and O–H groups in total. The van der Waals surface area contributed by atoms with Gasteiger partial charge >= 0.3 is 5.97 Å². The highest BCUT2D eigenvalue weighted by Crippen LogP contribution is 2.24. The molecular weight excluding hydrogens is 308 g/mol. The lowest BCUT2D eigenvalue weighted by atomic mass is 9.94. The minimum atomic E-state index is -0.734. The number of aromatic nitrogens is 3. The summed E-state index contributed by atoms with van der Waals surface area (Å²) in [6.07, 6.45) is 7.62. The molecule has 0 aliphatic carbocycles. The Morgan fingerprint density at radius 3 is 2.42 bits per heavy atom. The maximum atomic E-state index is 10.8. The van der Waals surface area contributed by atoms with Crippen LogP contribution in [0.3, 0.4) is 0 Å². The molecule has 2 aromatic heterocycles. The number of carboxylic acid groups (broad SMARTS) is 1. The zero-order valence-corrected chi connectivity index (χ0v) is 13.1. The van der Waals surface area contributed by atoms with Crippen molar-refractivity contribution in [1.82, 2.24) is 15.0 Å². The fourth-order valence-corrected chi connectivity index (χ4v) is 2.85. The number of pyridine rings is 1. The predicted molar refractivity (Wildman–Crippen MR) is 87.8 cm³/mol. The molecule has 0 radical (unpaired) electrons. The van der Waals surface area contributed by atoms with Crippen molar-refractivity contribution in [1.29, 1.82) is 0 Å². The monoisotopic (exact) mass is 326 g/mol. The number of hydrogen-bond acceptors (Lipinski definition) is 6. The van der Waals surface area contributed by atoms with Crippen LogP contribution in [-0.2, 0) is 4.79 Å². The highest BCUT2D eigenvalue weighted by Gasteiger charge is 2.22. The van der Waals surface area contributed by atoms with E-state index in [0.29, 0.717) is 17.2 Å². The van der Waals surface area contributed by atoms with Gasteiger partial charge in [-0.3, -0.25) is 14.6 Å². The molecule has 1 aliphatic rings. The molecule has 7 heteroatoms. The minimum Gasteiger partial charge on any atom is -0.481 e. The lowest BCUT2D eigenvalue weighted by Gasteiger charge is -2.31. The third-order valence-corrected chi connectivity index (χ3v) is 4.22. The van der Waals surface area contributed by atoms with Crippen molar-refractivity contribution < 1.29 is 14.7 Å². The first-order chi connectivity index (χ1) is 11.7. The van der Waals surface area contributed by atoms with E-state index < -0.39 is 5.97 Å². The number of nitrogens with zero attached hydrogens (tertiary/aromatic N) is 4. The van der Waals surface area contributed by atoms with Crippen molar-refractivity contribution in [3.8, 4) is 11.3 Å². The Balaban J connectivity index is 1.64. The predicted octanol–water partition coefficient (Wildman–Crippen LogP) is 2.04. The van der Waals surface area contributed by atoms with Crippen molar-refractivity contribution >= 4 is 18.2 Å². The lowest BCUT2D eigenvalue weighted by Crippen LogP contribution is -2.35. The molecule has 0 bridgehead atoms. The van der Waals surface area contributed by atoms with Crippen LogP contribution in [0.2, 0.25) is 0 Å². The minimum absolute atomic E-state index is 0.232. The van der Waals surface area contributed by atoms with Gasteiger partial charge in [-0.2, -0.15) is 0 Å². The molecule has 3 rings (SSSR count). The summed E-state index contributed by atoms with van der Waals surface area (Å²) in [7, 11) is 0. The topological polar surface area (TPSA) is 96.3 Å². The Hall–Kier alpha value is -2.83. The van der Waals surface area contributed by atoms with Crippen LogP contribution < -0.4 is 4.90 Å². The Morgan fingerprint density at radius 2 is 1.88 bits per heavy atom. The highest BCUT2D eigenvalue weighted by atomic mass is 16.4. The van der Waals surface area contributed by atoms with Crippen molar-refractivity contribution in [2.75, 3.05) is 18.0 Å². The molecule has 2 aromatic rings. The second-order valence-corrected chi connectivity index (χ2v) is 5.89. The zero-order chi connectivity index (χ0) is 16.9. The second kappa shape index (κ2) is 7.16. The molecule has 124 valence electrons. The molecule has 0 spiro atoms. The quantitative estimate of drug-likeness (QED) is 0.840. The summed E-state index contributed by atoms with van der Waals surface area (Å²) in [5.74, 6) is 0.151. The number of carbonyl (C=O) groups is 2. The van der Waals surface area contributed by atoms with E-state index in [0.717, 1.165) is 37.8 Å². The first kappa shape index (κ1) is 16.0. The highest BCUT2D eigenvalue weighted by molar-refractivity contribution is 5.75. The number of carboxylic acids is 1. The van der Waals surface area contributed by atoms with Gasteiger partial charge in [0.1, 0.15) is 0 Å². The van der Waals surface area contributed by atoms with E-state index in [-0.39, 0.29) is 12.3 Å². The van der Waals surface area contributed by atoms with Gasteiger partial charge < -0.3 is 10.0 Å². The molecule has 1 saturated heterocycles. The maximum absolute atomic E-state index is 10.8. The molecule has 0 saturated carbocycles. The second-order valence-electron chi connectivity index (χ2n) is 5.89. The van der Waals surface area contributed by atoms with Crippen LogP contribution in [0.1, 0.15) is 29.6 Å². The van der Waals surface area contributed by atoms with E-state index >= 15 is 0 Å². The number of hydrogen-bond donors (Lipinski definition) is 1. The van der Waals surface area contributed by atoms with Gasteiger partial charge in [0.25, 0.3) is 0 Å². The van der Waals surface area contributed by atoms with Crippen LogP contribution in [0.4, 0.5) is 5.95 Å². The van der Waals surface area contributed by atoms with E-state index in [2.05, 4.69) is 19.9 Å². The Bertz CT molecular complexity index is 708. The van der Waals surface area contributed by atoms with Crippen LogP contribution >= 0.6 is 0 Å². The molecule has 3 heterocycles. The third-order valence-electron chi connectivity index (χ3n) is 4.22. The summed E-state index contributed by atoms with van der Waals surface area (Å²) in [4.78, 5) is 36.5. The number of aldehydes is 1. The fraction of sp³-hybridized carbons (Fsp3) is 0.353. The van der Waals surface area contributed by atoms with E-state index in [1.165, 1.54) is 6.20 Å². The lowest BCUT2D eigenvalue weighted by molar-refractivity contribution is -0.138. The van der Waals surface area contributed by atoms with Crippen molar-refractivity contribution in [3.63, 3.8) is 0 Å². The maximum Gasteiger partial charge on any atom is 0.303 e. The Labute approximate surface area is 139 Å². The standard InChI is InChI=1S/C17H18N4O3/c22-11-13-1-2-15(18-8-13)14-9-19-17(20-10-14)21-5-3-12(4-6-21)7-16(23)24/h1-2,8-12H,3-7H2,(H,23,24). The SMILES string of the molecule is O=Cc1ccc(-c2cnc(N3CCC(CC(=O)O)CC3)nc2)nc1. The van der Waals surface area contributed by atoms with E-state index in [1.54, 1.807) is 24.5 Å². The van der Waals surface area contributed by atoms with Crippen LogP contribution in [0.15, 0.2) is 30.7 Å². The molecule has 1 fully saturated rings. The summed E-state index contributed by atoms with van der Waals surface area (Å²) >= 11 is 0. The third kappa shape index (κ3) is 3.73. The summed E-state index contributed by atoms with van der Waals surface area (Å²) in [5.41, 5.74) is 2.03. The number of piperidine rings is 1. The molecular formula is C17H18N4O3. The van der Waals surface area contributed by atoms with Crippen molar-refractivity contribution in [3.05, 3.63) is 36.3 Å². The fourth-order valence-electron chi connectivity index (χ4n) is 2.85. The molecule has 0 amide bonds. The van der Waals surface area contributed by atoms with Gasteiger partial charge in [0.05, 0.1) is 5.69 Å². The summed E-state index contributed by atoms with van der Waals surface area (Å²) in [5, 5.41) is 8.86. The Morgan fingerprint density at radius 1 is 1.17 bits per heavy atom. The van der Waals surface area contributed by atoms with E-state index in [9.17, 15) is 9.59 Å². The van der Waals surface area contributed by atoms with Crippen molar-refractivity contribution in [2.24, 2.45) is 5.92 Å². The molecule has 24 heavy (non-hydrogen) atoms. The number of rotatable bonds is 5. The van der Waals surface area contributed by atoms with Crippen LogP contribution in [0, 0.1) is 5.92 Å². The summed E-state index contributed by atoms with van der Waals surface area (Å²) < 4.78 is 0. The van der Waals surface area contributed by atoms with Gasteiger partial charge in [-0.1, -0.05) is 0 Å². The first-order valence-corrected chi connectivity index (χ1v) is 7.86. The van der Waals surface area contributed by atoms with Crippen LogP contribution in [0.25, 0.3) is 11.3 Å². The summed E-state index contributed by atoms with van der Waals surface area (Å²) in [6.45, 7) is 1.53. The van der Waals surface area contributed by atoms with Crippen molar-refractivity contribution in [2.45, 2.75) is 19.3 Å². The summed E-state index contributed by atoms with van der Waals surface area (Å²) in [6, 6.07) is 3.47. The molecule has 0 unspecified atom stereocenters. The largest absolute Gasteiger partial charge is 0.481 e. The smallest absolute Gasteiger partial charge is 0.303 e. The van der Waals surface area contributed by atoms with Gasteiger partial charge in [0.2, 0.25) is 5.95 Å². The first-order valence-electron chi connectivity index (χ1n) is 7.86. The van der Waals surface area contributed by atoms with E-state index in [4.69, 9.17) is 5.11 Å². The van der Waals surface area contributed by atoms with E-state index in [1.807, 2.05) is 0 Å². The number of anilines is 1. The molecule has 1 aliphatic heterocycles. The molecule has 0 atom stereocenters.